The van der Waals surface area contributed by atoms with Gasteiger partial charge in [0.2, 0.25) is 0 Å². The largest absolute Gasteiger partial charge is 0.256 e. The van der Waals surface area contributed by atoms with E-state index in [0.717, 1.165) is 13.1 Å². The highest BCUT2D eigenvalue weighted by molar-refractivity contribution is 5.14. The first-order chi connectivity index (χ1) is 17.3. The highest BCUT2D eigenvalue weighted by Crippen LogP contribution is 2.14. The molecule has 0 aliphatic carbocycles. The van der Waals surface area contributed by atoms with Crippen molar-refractivity contribution in [2.45, 2.75) is 155 Å². The van der Waals surface area contributed by atoms with Gasteiger partial charge in [0.05, 0.1) is 13.1 Å². The van der Waals surface area contributed by atoms with Gasteiger partial charge < -0.3 is 0 Å². The Kier molecular flexibility index (Phi) is 17.5. The Morgan fingerprint density at radius 2 is 1.11 bits per heavy atom. The van der Waals surface area contributed by atoms with Crippen LogP contribution in [0.5, 0.6) is 0 Å². The Morgan fingerprint density at radius 1 is 0.571 bits per heavy atom. The summed E-state index contributed by atoms with van der Waals surface area (Å²) in [6.45, 7) is 6.88. The zero-order valence-corrected chi connectivity index (χ0v) is 23.5. The predicted octanol–water partition coefficient (Wildman–Crippen LogP) is 9.62. The van der Waals surface area contributed by atoms with E-state index in [4.69, 9.17) is 0 Å². The second kappa shape index (κ2) is 20.6. The highest BCUT2D eigenvalue weighted by Gasteiger charge is 2.16. The molecule has 1 aromatic carbocycles. The summed E-state index contributed by atoms with van der Waals surface area (Å²) >= 11 is 0. The molecule has 1 heterocycles. The maximum atomic E-state index is 2.53. The van der Waals surface area contributed by atoms with Crippen molar-refractivity contribution in [2.24, 2.45) is 0 Å². The molecule has 0 aliphatic heterocycles. The van der Waals surface area contributed by atoms with Gasteiger partial charge >= 0.3 is 0 Å². The monoisotopic (exact) mass is 481 g/mol. The van der Waals surface area contributed by atoms with Crippen LogP contribution in [0.1, 0.15) is 141 Å². The Morgan fingerprint density at radius 3 is 1.66 bits per heavy atom. The van der Waals surface area contributed by atoms with Gasteiger partial charge in [-0.25, -0.2) is 9.13 Å². The van der Waals surface area contributed by atoms with E-state index < -0.39 is 0 Å². The molecule has 0 aliphatic rings. The number of unbranched alkanes of at least 4 members (excludes halogenated alkanes) is 15. The van der Waals surface area contributed by atoms with Crippen LogP contribution in [0.25, 0.3) is 0 Å². The summed E-state index contributed by atoms with van der Waals surface area (Å²) in [6, 6.07) is 10.9. The Balaban J connectivity index is 1.50. The lowest BCUT2D eigenvalue weighted by Gasteiger charge is -2.06. The molecule has 0 N–H and O–H groups in total. The third-order valence-electron chi connectivity index (χ3n) is 7.52. The van der Waals surface area contributed by atoms with Gasteiger partial charge in [0.25, 0.3) is 5.82 Å². The zero-order chi connectivity index (χ0) is 24.8. The molecule has 0 amide bonds. The smallest absolute Gasteiger partial charge is 0.234 e. The van der Waals surface area contributed by atoms with Crippen molar-refractivity contribution in [3.8, 4) is 0 Å². The number of hydrogen-bond acceptors (Lipinski definition) is 0. The quantitative estimate of drug-likeness (QED) is 0.110. The van der Waals surface area contributed by atoms with E-state index in [1.165, 1.54) is 134 Å². The third-order valence-corrected chi connectivity index (χ3v) is 7.52. The van der Waals surface area contributed by atoms with Gasteiger partial charge in [0.1, 0.15) is 12.4 Å². The van der Waals surface area contributed by atoms with Crippen LogP contribution in [0.15, 0.2) is 42.7 Å². The lowest BCUT2D eigenvalue weighted by molar-refractivity contribution is -0.704. The van der Waals surface area contributed by atoms with Crippen molar-refractivity contribution in [3.05, 3.63) is 54.1 Å². The number of imidazole rings is 1. The molecule has 2 nitrogen and oxygen atoms in total. The van der Waals surface area contributed by atoms with Gasteiger partial charge in [-0.2, -0.15) is 0 Å². The molecule has 0 bridgehead atoms. The Bertz CT molecular complexity index is 718. The molecular formula is C33H57N2+. The molecule has 0 saturated carbocycles. The van der Waals surface area contributed by atoms with Gasteiger partial charge in [-0.05, 0) is 31.2 Å². The summed E-state index contributed by atoms with van der Waals surface area (Å²) in [7, 11) is 0. The van der Waals surface area contributed by atoms with Crippen LogP contribution in [0, 0.1) is 0 Å². The summed E-state index contributed by atoms with van der Waals surface area (Å²) in [5, 5.41) is 0. The topological polar surface area (TPSA) is 8.81 Å². The normalized spacial score (nSPS) is 11.4. The summed E-state index contributed by atoms with van der Waals surface area (Å²) in [5.41, 5.74) is 1.46. The van der Waals surface area contributed by atoms with Gasteiger partial charge in [-0.1, -0.05) is 140 Å². The van der Waals surface area contributed by atoms with Crippen molar-refractivity contribution >= 4 is 0 Å². The van der Waals surface area contributed by atoms with Gasteiger partial charge in [0.15, 0.2) is 0 Å². The first-order valence-electron chi connectivity index (χ1n) is 15.5. The first kappa shape index (κ1) is 29.7. The minimum Gasteiger partial charge on any atom is -0.234 e. The minimum absolute atomic E-state index is 1.14. The molecule has 2 rings (SSSR count). The standard InChI is InChI=1S/C33H57N2/c1-3-5-6-7-8-9-10-11-12-13-14-15-16-17-18-22-27-33-34(28-4-2)30-31-35(33)29-23-26-32-24-20-19-21-25-32/h19-21,24-25,30-31H,3-18,22-23,26-29H2,1-2H3/q+1. The molecule has 2 heteroatoms. The van der Waals surface area contributed by atoms with Crippen LogP contribution in [0.3, 0.4) is 0 Å². The van der Waals surface area contributed by atoms with Crippen molar-refractivity contribution in [1.82, 2.24) is 4.57 Å². The third kappa shape index (κ3) is 13.9. The zero-order valence-electron chi connectivity index (χ0n) is 23.5. The maximum Gasteiger partial charge on any atom is 0.256 e. The fourth-order valence-corrected chi connectivity index (χ4v) is 5.36. The molecule has 198 valence electrons. The van der Waals surface area contributed by atoms with E-state index in [9.17, 15) is 0 Å². The number of aryl methyl sites for hydroxylation is 3. The second-order valence-electron chi connectivity index (χ2n) is 10.7. The fraction of sp³-hybridized carbons (Fsp3) is 0.727. The average Bonchev–Trinajstić information content (AvgIpc) is 3.26. The van der Waals surface area contributed by atoms with E-state index >= 15 is 0 Å². The summed E-state index contributed by atoms with van der Waals surface area (Å²) in [5.74, 6) is 1.55. The lowest BCUT2D eigenvalue weighted by atomic mass is 10.0. The number of hydrogen-bond donors (Lipinski definition) is 0. The number of benzene rings is 1. The Hall–Kier alpha value is -1.57. The SMILES string of the molecule is CCCCCCCCCCCCCCCCCCc1n(CCC)cc[n+]1CCCc1ccccc1. The predicted molar refractivity (Wildman–Crippen MR) is 153 cm³/mol. The van der Waals surface area contributed by atoms with Crippen molar-refractivity contribution in [1.29, 1.82) is 0 Å². The summed E-state index contributed by atoms with van der Waals surface area (Å²) in [4.78, 5) is 0. The summed E-state index contributed by atoms with van der Waals surface area (Å²) in [6.07, 6.45) is 32.5. The number of nitrogens with zero attached hydrogens (tertiary/aromatic N) is 2. The molecule has 1 aromatic heterocycles. The first-order valence-corrected chi connectivity index (χ1v) is 15.5. The van der Waals surface area contributed by atoms with E-state index in [2.05, 4.69) is 65.7 Å². The maximum absolute atomic E-state index is 2.53. The molecule has 0 spiro atoms. The van der Waals surface area contributed by atoms with Crippen molar-refractivity contribution < 1.29 is 4.57 Å². The number of aromatic nitrogens is 2. The van der Waals surface area contributed by atoms with Crippen LogP contribution in [-0.2, 0) is 25.9 Å². The van der Waals surface area contributed by atoms with Gasteiger partial charge in [0, 0.05) is 6.42 Å². The van der Waals surface area contributed by atoms with Gasteiger partial charge in [-0.15, -0.1) is 0 Å². The van der Waals surface area contributed by atoms with E-state index in [1.54, 1.807) is 5.82 Å². The molecule has 0 unspecified atom stereocenters. The van der Waals surface area contributed by atoms with Crippen LogP contribution in [0.2, 0.25) is 0 Å². The lowest BCUT2D eigenvalue weighted by Crippen LogP contribution is -2.37. The van der Waals surface area contributed by atoms with E-state index in [-0.39, 0.29) is 0 Å². The van der Waals surface area contributed by atoms with Crippen LogP contribution in [0.4, 0.5) is 0 Å². The number of rotatable bonds is 23. The molecule has 0 radical (unpaired) electrons. The van der Waals surface area contributed by atoms with Crippen molar-refractivity contribution in [3.63, 3.8) is 0 Å². The minimum atomic E-state index is 1.14. The van der Waals surface area contributed by atoms with Crippen LogP contribution < -0.4 is 4.57 Å². The Labute approximate surface area is 218 Å². The van der Waals surface area contributed by atoms with Crippen LogP contribution in [-0.4, -0.2) is 4.57 Å². The second-order valence-corrected chi connectivity index (χ2v) is 10.7. The molecular weight excluding hydrogens is 424 g/mol. The summed E-state index contributed by atoms with van der Waals surface area (Å²) < 4.78 is 5.04. The molecule has 0 fully saturated rings. The fourth-order valence-electron chi connectivity index (χ4n) is 5.36. The highest BCUT2D eigenvalue weighted by atomic mass is 15.1. The molecule has 0 atom stereocenters. The average molecular weight is 482 g/mol. The van der Waals surface area contributed by atoms with Crippen LogP contribution >= 0.6 is 0 Å². The van der Waals surface area contributed by atoms with E-state index in [0.29, 0.717) is 0 Å². The van der Waals surface area contributed by atoms with Crippen molar-refractivity contribution in [2.75, 3.05) is 0 Å². The van der Waals surface area contributed by atoms with Gasteiger partial charge in [-0.3, -0.25) is 0 Å². The van der Waals surface area contributed by atoms with E-state index in [1.807, 2.05) is 0 Å². The molecule has 2 aromatic rings. The molecule has 35 heavy (non-hydrogen) atoms. The molecule has 0 saturated heterocycles.